The maximum absolute atomic E-state index is 2.41. The molecule has 1 aliphatic rings. The van der Waals surface area contributed by atoms with E-state index in [4.69, 9.17) is 0 Å². The predicted molar refractivity (Wildman–Crippen MR) is 111 cm³/mol. The molecular weight excluding hydrogens is 421 g/mol. The van der Waals surface area contributed by atoms with Crippen molar-refractivity contribution >= 4 is 15.2 Å². The van der Waals surface area contributed by atoms with Crippen LogP contribution in [0.2, 0.25) is 0 Å². The van der Waals surface area contributed by atoms with E-state index >= 15 is 0 Å². The van der Waals surface area contributed by atoms with Crippen molar-refractivity contribution in [3.05, 3.63) is 0 Å². The third-order valence-electron chi connectivity index (χ3n) is 4.92. The summed E-state index contributed by atoms with van der Waals surface area (Å²) >= 11 is 2.23. The molecule has 0 aromatic heterocycles. The Kier molecular flexibility index (Phi) is 24.8. The zero-order valence-corrected chi connectivity index (χ0v) is 22.6. The average molecular weight is 464 g/mol. The molecule has 0 spiro atoms. The largest absolute Gasteiger partial charge is 1.00 e. The molecule has 0 saturated heterocycles. The van der Waals surface area contributed by atoms with E-state index in [0.717, 1.165) is 29.0 Å². The molecule has 0 heterocycles. The van der Waals surface area contributed by atoms with Crippen LogP contribution in [0.1, 0.15) is 106 Å². The summed E-state index contributed by atoms with van der Waals surface area (Å²) in [6, 6.07) is 0. The molecular formula is C20H43Cl2P2Ti. The molecule has 0 bridgehead atoms. The summed E-state index contributed by atoms with van der Waals surface area (Å²) in [4.78, 5) is 0. The van der Waals surface area contributed by atoms with Crippen molar-refractivity contribution in [2.45, 2.75) is 123 Å². The van der Waals surface area contributed by atoms with Crippen LogP contribution in [0, 0.1) is 5.41 Å². The Bertz CT molecular complexity index is 268. The second-order valence-electron chi connectivity index (χ2n) is 8.12. The third kappa shape index (κ3) is 16.8. The van der Waals surface area contributed by atoms with E-state index < -0.39 is 0 Å². The van der Waals surface area contributed by atoms with Crippen LogP contribution in [0.25, 0.3) is 0 Å². The number of hydrogen-bond acceptors (Lipinski definition) is 0. The maximum atomic E-state index is 2.41. The van der Waals surface area contributed by atoms with Gasteiger partial charge in [0.05, 0.1) is 0 Å². The van der Waals surface area contributed by atoms with E-state index in [1.807, 2.05) is 0 Å². The smallest absolute Gasteiger partial charge is 0.0229 e. The molecule has 0 nitrogen and oxygen atoms in total. The summed E-state index contributed by atoms with van der Waals surface area (Å²) < 4.78 is 0. The Morgan fingerprint density at radius 1 is 0.960 bits per heavy atom. The molecule has 25 heavy (non-hydrogen) atoms. The molecule has 151 valence electrons. The van der Waals surface area contributed by atoms with Crippen LogP contribution in [-0.4, -0.2) is 17.0 Å². The van der Waals surface area contributed by atoms with Gasteiger partial charge in [-0.05, 0) is 48.8 Å². The standard InChI is InChI=1S/C17H35P.C3H8P.2ClH.Ti/c1-5-7-11-17(12-8-6-2)13-9-10-16(14-17)18-15(3)4;1-3(2)4;;;/h15-16,18H,5-14H2,1-4H3;3-4H,1-2H3;2*1H;/q;-1;;;+3/p-2. The first kappa shape index (κ1) is 31.8. The summed E-state index contributed by atoms with van der Waals surface area (Å²) in [5, 5.41) is 0. The van der Waals surface area contributed by atoms with Crippen LogP contribution in [0.3, 0.4) is 0 Å². The fraction of sp³-hybridized carbons (Fsp3) is 1.00. The van der Waals surface area contributed by atoms with Gasteiger partial charge in [0, 0.05) is 0 Å². The summed E-state index contributed by atoms with van der Waals surface area (Å²) in [6.45, 7) is 15.1. The van der Waals surface area contributed by atoms with E-state index in [9.17, 15) is 0 Å². The minimum atomic E-state index is 0. The molecule has 0 aromatic carbocycles. The minimum Gasteiger partial charge on any atom is -1.00 e. The Hall–Kier alpha value is 2.15. The number of unbranched alkanes of at least 4 members (excludes halogenated alkanes) is 2. The Morgan fingerprint density at radius 3 is 1.80 bits per heavy atom. The number of rotatable bonds is 9. The zero-order chi connectivity index (χ0) is 17.7. The van der Waals surface area contributed by atoms with Gasteiger partial charge in [0.25, 0.3) is 0 Å². The first-order valence-corrected chi connectivity index (χ1v) is 14.6. The predicted octanol–water partition coefficient (Wildman–Crippen LogP) is 1.93. The topological polar surface area (TPSA) is 0 Å². The van der Waals surface area contributed by atoms with Crippen LogP contribution in [-0.2, 0) is 19.9 Å². The van der Waals surface area contributed by atoms with Gasteiger partial charge in [-0.15, -0.1) is 8.58 Å². The minimum absolute atomic E-state index is 0. The monoisotopic (exact) mass is 463 g/mol. The Balaban J connectivity index is -0.000000610. The van der Waals surface area contributed by atoms with Crippen LogP contribution in [0.15, 0.2) is 0 Å². The zero-order valence-electron chi connectivity index (χ0n) is 17.6. The number of hydrogen-bond donors (Lipinski definition) is 0. The van der Waals surface area contributed by atoms with Gasteiger partial charge >= 0.3 is 46.0 Å². The van der Waals surface area contributed by atoms with Gasteiger partial charge in [-0.1, -0.05) is 59.8 Å². The van der Waals surface area contributed by atoms with Crippen molar-refractivity contribution in [1.29, 1.82) is 0 Å². The normalized spacial score (nSPS) is 19.8. The molecule has 1 saturated carbocycles. The molecule has 0 amide bonds. The van der Waals surface area contributed by atoms with E-state index in [2.05, 4.69) is 61.5 Å². The molecule has 1 rings (SSSR count). The van der Waals surface area contributed by atoms with Crippen LogP contribution < -0.4 is 24.8 Å². The molecule has 3 unspecified atom stereocenters. The van der Waals surface area contributed by atoms with Crippen molar-refractivity contribution in [3.8, 4) is 0 Å². The molecule has 0 aromatic rings. The van der Waals surface area contributed by atoms with E-state index in [-0.39, 0.29) is 24.8 Å². The number of halogens is 2. The second-order valence-corrected chi connectivity index (χ2v) is 13.2. The van der Waals surface area contributed by atoms with Crippen LogP contribution in [0.4, 0.5) is 0 Å². The van der Waals surface area contributed by atoms with E-state index in [1.165, 1.54) is 66.4 Å². The van der Waals surface area contributed by atoms with Crippen molar-refractivity contribution in [3.63, 3.8) is 0 Å². The quantitative estimate of drug-likeness (QED) is 0.362. The Labute approximate surface area is 187 Å². The molecule has 0 aliphatic heterocycles. The van der Waals surface area contributed by atoms with E-state index in [1.54, 1.807) is 6.42 Å². The fourth-order valence-electron chi connectivity index (χ4n) is 3.75. The third-order valence-corrected chi connectivity index (χ3v) is 9.83. The summed E-state index contributed by atoms with van der Waals surface area (Å²) in [7, 11) is 1.21. The first-order valence-electron chi connectivity index (χ1n) is 10.1. The van der Waals surface area contributed by atoms with Gasteiger partial charge < -0.3 is 24.8 Å². The molecule has 0 radical (unpaired) electrons. The maximum Gasteiger partial charge on any atom is -0.0229 e. The molecule has 3 atom stereocenters. The van der Waals surface area contributed by atoms with Gasteiger partial charge in [-0.25, -0.2) is 0 Å². The summed E-state index contributed by atoms with van der Waals surface area (Å²) in [5.41, 5.74) is 3.64. The molecule has 1 aliphatic carbocycles. The van der Waals surface area contributed by atoms with Crippen LogP contribution >= 0.6 is 15.2 Å². The molecule has 1 fully saturated rings. The van der Waals surface area contributed by atoms with Crippen molar-refractivity contribution < 1.29 is 44.7 Å². The summed E-state index contributed by atoms with van der Waals surface area (Å²) in [6.07, 6.45) is 14.8. The van der Waals surface area contributed by atoms with Gasteiger partial charge in [0.2, 0.25) is 0 Å². The van der Waals surface area contributed by atoms with Crippen molar-refractivity contribution in [1.82, 2.24) is 0 Å². The van der Waals surface area contributed by atoms with Gasteiger partial charge in [-0.3, -0.25) is 0 Å². The molecule has 0 N–H and O–H groups in total. The van der Waals surface area contributed by atoms with Crippen molar-refractivity contribution in [2.75, 3.05) is 0 Å². The molecule has 5 heteroatoms. The van der Waals surface area contributed by atoms with Gasteiger partial charge in [0.15, 0.2) is 0 Å². The summed E-state index contributed by atoms with van der Waals surface area (Å²) in [5.74, 6) is 0. The Morgan fingerprint density at radius 2 is 1.44 bits per heavy atom. The average Bonchev–Trinajstić information content (AvgIpc) is 2.51. The van der Waals surface area contributed by atoms with Gasteiger partial charge in [0.1, 0.15) is 0 Å². The first-order chi connectivity index (χ1) is 10.9. The van der Waals surface area contributed by atoms with Gasteiger partial charge in [-0.2, -0.15) is 0 Å². The fourth-order valence-corrected chi connectivity index (χ4v) is 5.61. The second kappa shape index (κ2) is 19.5. The SMILES string of the molecule is CC(C)[PH][Ti+2].CCCCC1(CCCC)CCCC(PC(C)C)C1.[Cl-].[Cl-]. The van der Waals surface area contributed by atoms with Crippen molar-refractivity contribution in [2.24, 2.45) is 5.41 Å². The van der Waals surface area contributed by atoms with Crippen LogP contribution in [0.5, 0.6) is 0 Å². The van der Waals surface area contributed by atoms with E-state index in [0.29, 0.717) is 0 Å².